The fourth-order valence-electron chi connectivity index (χ4n) is 2.36. The predicted molar refractivity (Wildman–Crippen MR) is 73.8 cm³/mol. The number of esters is 1. The Morgan fingerprint density at radius 2 is 2.00 bits per heavy atom. The highest BCUT2D eigenvalue weighted by molar-refractivity contribution is 5.79. The predicted octanol–water partition coefficient (Wildman–Crippen LogP) is 3.06. The summed E-state index contributed by atoms with van der Waals surface area (Å²) in [4.78, 5) is 11.7. The molecule has 1 aliphatic heterocycles. The lowest BCUT2D eigenvalue weighted by Gasteiger charge is -2.09. The van der Waals surface area contributed by atoms with Crippen molar-refractivity contribution in [1.29, 1.82) is 0 Å². The number of rotatable bonds is 5. The van der Waals surface area contributed by atoms with Gasteiger partial charge in [0.1, 0.15) is 5.60 Å². The summed E-state index contributed by atoms with van der Waals surface area (Å²) in [6, 6.07) is 8.34. The van der Waals surface area contributed by atoms with Crippen LogP contribution in [0.15, 0.2) is 24.3 Å². The summed E-state index contributed by atoms with van der Waals surface area (Å²) in [7, 11) is 0. The first-order chi connectivity index (χ1) is 8.97. The average Bonchev–Trinajstić information content (AvgIpc) is 3.03. The van der Waals surface area contributed by atoms with E-state index in [1.54, 1.807) is 6.92 Å². The van der Waals surface area contributed by atoms with Crippen molar-refractivity contribution in [2.75, 3.05) is 6.61 Å². The van der Waals surface area contributed by atoms with E-state index >= 15 is 0 Å². The second kappa shape index (κ2) is 5.33. The highest BCUT2D eigenvalue weighted by Gasteiger charge is 2.59. The van der Waals surface area contributed by atoms with Crippen LogP contribution in [0.3, 0.4) is 0 Å². The molecule has 1 aromatic rings. The molecule has 104 valence electrons. The maximum atomic E-state index is 11.7. The quantitative estimate of drug-likeness (QED) is 0.604. The lowest BCUT2D eigenvalue weighted by Crippen LogP contribution is -2.18. The molecule has 3 nitrogen and oxygen atoms in total. The molecular formula is C16H22O3. The van der Waals surface area contributed by atoms with Crippen LogP contribution in [0.4, 0.5) is 0 Å². The summed E-state index contributed by atoms with van der Waals surface area (Å²) in [5, 5.41) is 0. The molecule has 2 atom stereocenters. The normalized spacial score (nSPS) is 25.4. The second-order valence-corrected chi connectivity index (χ2v) is 5.65. The van der Waals surface area contributed by atoms with Crippen LogP contribution in [-0.2, 0) is 26.3 Å². The minimum absolute atomic E-state index is 0.267. The Morgan fingerprint density at radius 3 is 2.53 bits per heavy atom. The molecule has 3 heteroatoms. The zero-order valence-corrected chi connectivity index (χ0v) is 12.1. The molecule has 0 spiro atoms. The highest BCUT2D eigenvalue weighted by atomic mass is 16.7. The Balaban J connectivity index is 2.05. The van der Waals surface area contributed by atoms with Crippen LogP contribution in [0.2, 0.25) is 0 Å². The standard InChI is InChI=1S/C16H22O3/c1-5-18-15(17)14-16(4,19-14)13-8-6-12(7-9-13)10-11(2)3/h6-9,11,14H,5,10H2,1-4H3/t14-,16+/m1/s1. The molecule has 0 unspecified atom stereocenters. The monoisotopic (exact) mass is 262 g/mol. The Morgan fingerprint density at radius 1 is 1.37 bits per heavy atom. The molecule has 1 aromatic carbocycles. The first-order valence-corrected chi connectivity index (χ1v) is 6.91. The third kappa shape index (κ3) is 2.98. The second-order valence-electron chi connectivity index (χ2n) is 5.65. The summed E-state index contributed by atoms with van der Waals surface area (Å²) in [5.74, 6) is 0.377. The molecule has 1 heterocycles. The number of carbonyl (C=O) groups excluding carboxylic acids is 1. The molecule has 0 saturated carbocycles. The lowest BCUT2D eigenvalue weighted by molar-refractivity contribution is -0.144. The van der Waals surface area contributed by atoms with Gasteiger partial charge in [-0.3, -0.25) is 0 Å². The Labute approximate surface area is 114 Å². The molecule has 0 bridgehead atoms. The van der Waals surface area contributed by atoms with Crippen molar-refractivity contribution >= 4 is 5.97 Å². The number of ether oxygens (including phenoxy) is 2. The molecule has 0 amide bonds. The van der Waals surface area contributed by atoms with Gasteiger partial charge in [-0.2, -0.15) is 0 Å². The van der Waals surface area contributed by atoms with Crippen molar-refractivity contribution in [2.24, 2.45) is 5.92 Å². The van der Waals surface area contributed by atoms with Gasteiger partial charge < -0.3 is 9.47 Å². The van der Waals surface area contributed by atoms with Crippen LogP contribution < -0.4 is 0 Å². The van der Waals surface area contributed by atoms with Gasteiger partial charge in [0.05, 0.1) is 6.61 Å². The summed E-state index contributed by atoms with van der Waals surface area (Å²) < 4.78 is 10.5. The smallest absolute Gasteiger partial charge is 0.338 e. The van der Waals surface area contributed by atoms with E-state index in [1.165, 1.54) is 5.56 Å². The van der Waals surface area contributed by atoms with Gasteiger partial charge >= 0.3 is 5.97 Å². The zero-order valence-electron chi connectivity index (χ0n) is 12.1. The van der Waals surface area contributed by atoms with Crippen LogP contribution in [0.1, 0.15) is 38.8 Å². The van der Waals surface area contributed by atoms with Crippen LogP contribution in [0.5, 0.6) is 0 Å². The number of hydrogen-bond acceptors (Lipinski definition) is 3. The van der Waals surface area contributed by atoms with Gasteiger partial charge in [0.15, 0.2) is 6.10 Å². The van der Waals surface area contributed by atoms with Crippen molar-refractivity contribution in [3.63, 3.8) is 0 Å². The Bertz CT molecular complexity index is 450. The minimum Gasteiger partial charge on any atom is -0.464 e. The number of hydrogen-bond donors (Lipinski definition) is 0. The first-order valence-electron chi connectivity index (χ1n) is 6.91. The molecule has 0 aromatic heterocycles. The van der Waals surface area contributed by atoms with E-state index in [-0.39, 0.29) is 5.97 Å². The topological polar surface area (TPSA) is 38.8 Å². The maximum absolute atomic E-state index is 11.7. The van der Waals surface area contributed by atoms with Crippen LogP contribution in [0.25, 0.3) is 0 Å². The van der Waals surface area contributed by atoms with Gasteiger partial charge in [-0.05, 0) is 37.3 Å². The highest BCUT2D eigenvalue weighted by Crippen LogP contribution is 2.46. The van der Waals surface area contributed by atoms with E-state index < -0.39 is 11.7 Å². The SMILES string of the molecule is CCOC(=O)[C@H]1O[C@@]1(C)c1ccc(CC(C)C)cc1. The van der Waals surface area contributed by atoms with Crippen LogP contribution in [-0.4, -0.2) is 18.7 Å². The minimum atomic E-state index is -0.511. The summed E-state index contributed by atoms with van der Waals surface area (Å²) in [5.41, 5.74) is 1.84. The van der Waals surface area contributed by atoms with Gasteiger partial charge in [0, 0.05) is 0 Å². The Kier molecular flexibility index (Phi) is 3.95. The molecule has 0 N–H and O–H groups in total. The fourth-order valence-corrected chi connectivity index (χ4v) is 2.36. The van der Waals surface area contributed by atoms with E-state index in [0.29, 0.717) is 12.5 Å². The van der Waals surface area contributed by atoms with Gasteiger partial charge in [0.25, 0.3) is 0 Å². The number of benzene rings is 1. The molecular weight excluding hydrogens is 240 g/mol. The van der Waals surface area contributed by atoms with E-state index in [0.717, 1.165) is 12.0 Å². The molecule has 0 aliphatic carbocycles. The zero-order chi connectivity index (χ0) is 14.0. The number of epoxide rings is 1. The van der Waals surface area contributed by atoms with E-state index in [2.05, 4.69) is 38.1 Å². The van der Waals surface area contributed by atoms with Crippen LogP contribution >= 0.6 is 0 Å². The van der Waals surface area contributed by atoms with Crippen molar-refractivity contribution < 1.29 is 14.3 Å². The van der Waals surface area contributed by atoms with E-state index in [9.17, 15) is 4.79 Å². The molecule has 1 fully saturated rings. The summed E-state index contributed by atoms with van der Waals surface area (Å²) in [6.45, 7) is 8.54. The molecule has 1 saturated heterocycles. The summed E-state index contributed by atoms with van der Waals surface area (Å²) >= 11 is 0. The molecule has 0 radical (unpaired) electrons. The van der Waals surface area contributed by atoms with Crippen molar-refractivity contribution in [3.8, 4) is 0 Å². The summed E-state index contributed by atoms with van der Waals surface area (Å²) in [6.07, 6.45) is 0.613. The van der Waals surface area contributed by atoms with Crippen molar-refractivity contribution in [3.05, 3.63) is 35.4 Å². The molecule has 2 rings (SSSR count). The average molecular weight is 262 g/mol. The lowest BCUT2D eigenvalue weighted by atomic mass is 9.94. The number of carbonyl (C=O) groups is 1. The maximum Gasteiger partial charge on any atom is 0.338 e. The fraction of sp³-hybridized carbons (Fsp3) is 0.562. The van der Waals surface area contributed by atoms with Gasteiger partial charge in [-0.25, -0.2) is 4.79 Å². The third-order valence-corrected chi connectivity index (χ3v) is 3.48. The molecule has 1 aliphatic rings. The van der Waals surface area contributed by atoms with Gasteiger partial charge in [0.2, 0.25) is 0 Å². The first kappa shape index (κ1) is 14.1. The van der Waals surface area contributed by atoms with Crippen molar-refractivity contribution in [2.45, 2.75) is 45.8 Å². The van der Waals surface area contributed by atoms with Crippen molar-refractivity contribution in [1.82, 2.24) is 0 Å². The van der Waals surface area contributed by atoms with Gasteiger partial charge in [-0.15, -0.1) is 0 Å². The van der Waals surface area contributed by atoms with Gasteiger partial charge in [-0.1, -0.05) is 38.1 Å². The third-order valence-electron chi connectivity index (χ3n) is 3.48. The van der Waals surface area contributed by atoms with E-state index in [1.807, 2.05) is 6.92 Å². The Hall–Kier alpha value is -1.35. The van der Waals surface area contributed by atoms with Crippen LogP contribution in [0, 0.1) is 5.92 Å². The largest absolute Gasteiger partial charge is 0.464 e. The van der Waals surface area contributed by atoms with E-state index in [4.69, 9.17) is 9.47 Å². The molecule has 19 heavy (non-hydrogen) atoms.